The minimum atomic E-state index is -3.77. The van der Waals surface area contributed by atoms with Crippen LogP contribution in [0.3, 0.4) is 0 Å². The molecule has 0 saturated carbocycles. The van der Waals surface area contributed by atoms with Gasteiger partial charge in [-0.2, -0.15) is 8.42 Å². The van der Waals surface area contributed by atoms with Gasteiger partial charge in [0.1, 0.15) is 6.54 Å². The predicted molar refractivity (Wildman–Crippen MR) is 61.5 cm³/mol. The fourth-order valence-electron chi connectivity index (χ4n) is 1.52. The number of hydrogen-bond donors (Lipinski definition) is 1. The molecular formula is C11H18NO3S+. The molecule has 90 valence electrons. The summed E-state index contributed by atoms with van der Waals surface area (Å²) in [6.07, 6.45) is 7.42. The Bertz CT molecular complexity index is 389. The van der Waals surface area contributed by atoms with Crippen LogP contribution in [0.5, 0.6) is 0 Å². The molecule has 16 heavy (non-hydrogen) atoms. The lowest BCUT2D eigenvalue weighted by molar-refractivity contribution is -0.697. The fourth-order valence-corrected chi connectivity index (χ4v) is 2.08. The average molecular weight is 244 g/mol. The summed E-state index contributed by atoms with van der Waals surface area (Å²) < 4.78 is 31.5. The quantitative estimate of drug-likeness (QED) is 0.448. The molecule has 0 fully saturated rings. The molecule has 0 radical (unpaired) electrons. The minimum absolute atomic E-state index is 0.120. The van der Waals surface area contributed by atoms with Crippen molar-refractivity contribution in [3.05, 3.63) is 30.6 Å². The zero-order valence-corrected chi connectivity index (χ0v) is 10.1. The lowest BCUT2D eigenvalue weighted by Gasteiger charge is -1.98. The van der Waals surface area contributed by atoms with Gasteiger partial charge in [0.2, 0.25) is 0 Å². The zero-order valence-electron chi connectivity index (χ0n) is 9.25. The first-order valence-corrected chi connectivity index (χ1v) is 7.08. The Hall–Kier alpha value is -0.940. The molecule has 0 aliphatic heterocycles. The van der Waals surface area contributed by atoms with Gasteiger partial charge < -0.3 is 0 Å². The summed E-state index contributed by atoms with van der Waals surface area (Å²) >= 11 is 0. The molecule has 0 aromatic carbocycles. The van der Waals surface area contributed by atoms with E-state index in [2.05, 4.69) is 4.57 Å². The van der Waals surface area contributed by atoms with Crippen LogP contribution in [0.1, 0.15) is 25.7 Å². The summed E-state index contributed by atoms with van der Waals surface area (Å²) in [5.74, 6) is -0.120. The third-order valence-corrected chi connectivity index (χ3v) is 3.15. The molecule has 4 nitrogen and oxygen atoms in total. The third kappa shape index (κ3) is 6.53. The number of pyridine rings is 1. The Morgan fingerprint density at radius 2 is 1.56 bits per heavy atom. The van der Waals surface area contributed by atoms with E-state index in [0.717, 1.165) is 25.8 Å². The van der Waals surface area contributed by atoms with Crippen molar-refractivity contribution in [3.8, 4) is 0 Å². The van der Waals surface area contributed by atoms with Gasteiger partial charge in [0.15, 0.2) is 12.4 Å². The second kappa shape index (κ2) is 6.60. The first kappa shape index (κ1) is 13.1. The van der Waals surface area contributed by atoms with Crippen molar-refractivity contribution < 1.29 is 17.5 Å². The van der Waals surface area contributed by atoms with Gasteiger partial charge in [0, 0.05) is 18.6 Å². The number of aryl methyl sites for hydroxylation is 1. The van der Waals surface area contributed by atoms with E-state index in [4.69, 9.17) is 4.55 Å². The normalized spacial score (nSPS) is 11.6. The van der Waals surface area contributed by atoms with Crippen molar-refractivity contribution in [2.45, 2.75) is 32.2 Å². The second-order valence-corrected chi connectivity index (χ2v) is 5.39. The van der Waals surface area contributed by atoms with Gasteiger partial charge in [-0.25, -0.2) is 4.57 Å². The largest absolute Gasteiger partial charge is 0.286 e. The zero-order chi connectivity index (χ0) is 11.9. The lowest BCUT2D eigenvalue weighted by atomic mass is 10.2. The van der Waals surface area contributed by atoms with Crippen LogP contribution in [0.25, 0.3) is 0 Å². The molecule has 5 heteroatoms. The Balaban J connectivity index is 2.05. The van der Waals surface area contributed by atoms with Crippen LogP contribution in [0.2, 0.25) is 0 Å². The van der Waals surface area contributed by atoms with Crippen molar-refractivity contribution in [2.75, 3.05) is 5.75 Å². The molecule has 0 amide bonds. The SMILES string of the molecule is O=S(=O)(O)CCCCCC[n+]1ccccc1. The summed E-state index contributed by atoms with van der Waals surface area (Å²) in [6.45, 7) is 0.951. The molecule has 0 saturated heterocycles. The van der Waals surface area contributed by atoms with E-state index in [9.17, 15) is 8.42 Å². The van der Waals surface area contributed by atoms with E-state index >= 15 is 0 Å². The van der Waals surface area contributed by atoms with Gasteiger partial charge >= 0.3 is 0 Å². The van der Waals surface area contributed by atoms with Crippen molar-refractivity contribution in [3.63, 3.8) is 0 Å². The van der Waals surface area contributed by atoms with Gasteiger partial charge in [-0.05, 0) is 12.8 Å². The molecule has 1 aromatic heterocycles. The van der Waals surface area contributed by atoms with E-state index < -0.39 is 10.1 Å². The summed E-state index contributed by atoms with van der Waals surface area (Å²) in [5, 5.41) is 0. The number of hydrogen-bond acceptors (Lipinski definition) is 2. The molecule has 0 spiro atoms. The van der Waals surface area contributed by atoms with Gasteiger partial charge in [0.25, 0.3) is 10.1 Å². The van der Waals surface area contributed by atoms with E-state index in [1.807, 2.05) is 30.6 Å². The molecule has 0 unspecified atom stereocenters. The smallest absolute Gasteiger partial charge is 0.264 e. The van der Waals surface area contributed by atoms with E-state index in [-0.39, 0.29) is 5.75 Å². The molecule has 1 heterocycles. The average Bonchev–Trinajstić information content (AvgIpc) is 2.23. The van der Waals surface area contributed by atoms with Crippen LogP contribution in [0.4, 0.5) is 0 Å². The number of aromatic nitrogens is 1. The van der Waals surface area contributed by atoms with Gasteiger partial charge in [-0.15, -0.1) is 0 Å². The maximum atomic E-state index is 10.4. The first-order valence-electron chi connectivity index (χ1n) is 5.47. The predicted octanol–water partition coefficient (Wildman–Crippen LogP) is 1.42. The van der Waals surface area contributed by atoms with Gasteiger partial charge in [-0.3, -0.25) is 4.55 Å². The molecule has 1 aromatic rings. The van der Waals surface area contributed by atoms with E-state index in [1.54, 1.807) is 0 Å². The van der Waals surface area contributed by atoms with Crippen LogP contribution in [0.15, 0.2) is 30.6 Å². The topological polar surface area (TPSA) is 58.3 Å². The third-order valence-electron chi connectivity index (χ3n) is 2.35. The minimum Gasteiger partial charge on any atom is -0.286 e. The Kier molecular flexibility index (Phi) is 5.42. The highest BCUT2D eigenvalue weighted by Gasteiger charge is 2.03. The molecule has 0 aliphatic rings. The standard InChI is InChI=1S/C11H17NO3S/c13-16(14,15)11-7-2-1-4-8-12-9-5-3-6-10-12/h3,5-6,9-10H,1-2,4,7-8,11H2/p+1. The van der Waals surface area contributed by atoms with Gasteiger partial charge in [0.05, 0.1) is 5.75 Å². The van der Waals surface area contributed by atoms with Gasteiger partial charge in [-0.1, -0.05) is 12.5 Å². The van der Waals surface area contributed by atoms with Crippen LogP contribution in [-0.2, 0) is 16.7 Å². The molecular weight excluding hydrogens is 226 g/mol. The fraction of sp³-hybridized carbons (Fsp3) is 0.545. The molecule has 1 rings (SSSR count). The highest BCUT2D eigenvalue weighted by molar-refractivity contribution is 7.85. The molecule has 0 bridgehead atoms. The van der Waals surface area contributed by atoms with E-state index in [0.29, 0.717) is 6.42 Å². The number of unbranched alkanes of at least 4 members (excludes halogenated alkanes) is 3. The number of nitrogens with zero attached hydrogens (tertiary/aromatic N) is 1. The van der Waals surface area contributed by atoms with Crippen molar-refractivity contribution in [1.82, 2.24) is 0 Å². The lowest BCUT2D eigenvalue weighted by Crippen LogP contribution is -2.32. The molecule has 0 aliphatic carbocycles. The van der Waals surface area contributed by atoms with Crippen LogP contribution in [0, 0.1) is 0 Å². The van der Waals surface area contributed by atoms with Crippen molar-refractivity contribution >= 4 is 10.1 Å². The maximum Gasteiger partial charge on any atom is 0.264 e. The molecule has 1 N–H and O–H groups in total. The highest BCUT2D eigenvalue weighted by atomic mass is 32.2. The highest BCUT2D eigenvalue weighted by Crippen LogP contribution is 2.01. The van der Waals surface area contributed by atoms with E-state index in [1.165, 1.54) is 0 Å². The Morgan fingerprint density at radius 3 is 2.19 bits per heavy atom. The molecule has 0 atom stereocenters. The first-order chi connectivity index (χ1) is 7.58. The van der Waals surface area contributed by atoms with Crippen molar-refractivity contribution in [2.24, 2.45) is 0 Å². The van der Waals surface area contributed by atoms with Crippen LogP contribution < -0.4 is 4.57 Å². The Morgan fingerprint density at radius 1 is 0.938 bits per heavy atom. The summed E-state index contributed by atoms with van der Waals surface area (Å²) in [4.78, 5) is 0. The van der Waals surface area contributed by atoms with Crippen molar-refractivity contribution in [1.29, 1.82) is 0 Å². The van der Waals surface area contributed by atoms with Crippen LogP contribution >= 0.6 is 0 Å². The maximum absolute atomic E-state index is 10.4. The summed E-state index contributed by atoms with van der Waals surface area (Å²) in [7, 11) is -3.77. The monoisotopic (exact) mass is 244 g/mol. The number of rotatable bonds is 7. The Labute approximate surface area is 96.7 Å². The van der Waals surface area contributed by atoms with Crippen LogP contribution in [-0.4, -0.2) is 18.7 Å². The summed E-state index contributed by atoms with van der Waals surface area (Å²) in [6, 6.07) is 5.94. The second-order valence-electron chi connectivity index (χ2n) is 3.81. The summed E-state index contributed by atoms with van der Waals surface area (Å²) in [5.41, 5.74) is 0.